The van der Waals surface area contributed by atoms with E-state index in [4.69, 9.17) is 0 Å². The van der Waals surface area contributed by atoms with Crippen molar-refractivity contribution in [3.8, 4) is 5.75 Å². The van der Waals surface area contributed by atoms with Crippen molar-refractivity contribution in [3.05, 3.63) is 78.6 Å². The number of fused-ring (bicyclic) bond motifs is 2. The van der Waals surface area contributed by atoms with Gasteiger partial charge in [-0.3, -0.25) is 9.98 Å². The van der Waals surface area contributed by atoms with E-state index in [9.17, 15) is 5.11 Å². The maximum absolute atomic E-state index is 10.2. The van der Waals surface area contributed by atoms with Crippen molar-refractivity contribution >= 4 is 33.4 Å². The molecule has 0 saturated heterocycles. The van der Waals surface area contributed by atoms with Crippen molar-refractivity contribution in [2.24, 2.45) is 4.99 Å². The summed E-state index contributed by atoms with van der Waals surface area (Å²) in [5.41, 5.74) is 1.59. The molecule has 4 rings (SSSR count). The SMILES string of the molecule is Oc1ccc2ccccc2c1C=Nc1cccc2cnccc12. The fraction of sp³-hybridized carbons (Fsp3) is 0. The molecule has 0 fully saturated rings. The third-order valence-corrected chi connectivity index (χ3v) is 3.94. The third kappa shape index (κ3) is 2.42. The minimum Gasteiger partial charge on any atom is -0.507 e. The molecule has 0 aliphatic heterocycles. The Kier molecular flexibility index (Phi) is 3.24. The Morgan fingerprint density at radius 3 is 2.65 bits per heavy atom. The number of aliphatic imine (C=N–C) groups is 1. The lowest BCUT2D eigenvalue weighted by atomic mass is 10.0. The van der Waals surface area contributed by atoms with Crippen LogP contribution in [0.5, 0.6) is 5.75 Å². The van der Waals surface area contributed by atoms with Gasteiger partial charge in [-0.2, -0.15) is 0 Å². The molecule has 3 nitrogen and oxygen atoms in total. The molecule has 0 spiro atoms. The summed E-state index contributed by atoms with van der Waals surface area (Å²) in [7, 11) is 0. The van der Waals surface area contributed by atoms with Gasteiger partial charge in [-0.25, -0.2) is 0 Å². The first-order valence-electron chi connectivity index (χ1n) is 7.40. The highest BCUT2D eigenvalue weighted by Crippen LogP contribution is 2.28. The van der Waals surface area contributed by atoms with Gasteiger partial charge in [-0.05, 0) is 29.0 Å². The first-order valence-corrected chi connectivity index (χ1v) is 7.40. The van der Waals surface area contributed by atoms with E-state index in [1.165, 1.54) is 0 Å². The molecule has 1 N–H and O–H groups in total. The number of aromatic hydroxyl groups is 1. The molecule has 23 heavy (non-hydrogen) atoms. The molecule has 110 valence electrons. The first kappa shape index (κ1) is 13.5. The van der Waals surface area contributed by atoms with Crippen LogP contribution in [0.4, 0.5) is 5.69 Å². The summed E-state index contributed by atoms with van der Waals surface area (Å²) in [6, 6.07) is 19.4. The lowest BCUT2D eigenvalue weighted by Crippen LogP contribution is -1.86. The summed E-state index contributed by atoms with van der Waals surface area (Å²) < 4.78 is 0. The molecule has 3 heteroatoms. The highest BCUT2D eigenvalue weighted by atomic mass is 16.3. The zero-order chi connectivity index (χ0) is 15.6. The summed E-state index contributed by atoms with van der Waals surface area (Å²) >= 11 is 0. The highest BCUT2D eigenvalue weighted by molar-refractivity contribution is 6.04. The molecular formula is C20H14N2O. The summed E-state index contributed by atoms with van der Waals surface area (Å²) in [5.74, 6) is 0.231. The van der Waals surface area contributed by atoms with E-state index in [2.05, 4.69) is 9.98 Å². The van der Waals surface area contributed by atoms with Gasteiger partial charge in [0.2, 0.25) is 0 Å². The van der Waals surface area contributed by atoms with Gasteiger partial charge in [-0.15, -0.1) is 0 Å². The molecule has 0 aliphatic rings. The number of nitrogens with zero attached hydrogens (tertiary/aromatic N) is 2. The summed E-state index contributed by atoms with van der Waals surface area (Å²) in [5, 5.41) is 14.3. The van der Waals surface area contributed by atoms with Crippen LogP contribution in [0.15, 0.2) is 78.0 Å². The van der Waals surface area contributed by atoms with Crippen LogP contribution in [0.2, 0.25) is 0 Å². The lowest BCUT2D eigenvalue weighted by Gasteiger charge is -2.05. The van der Waals surface area contributed by atoms with Crippen molar-refractivity contribution in [1.29, 1.82) is 0 Å². The first-order chi connectivity index (χ1) is 11.3. The van der Waals surface area contributed by atoms with Crippen LogP contribution in [-0.2, 0) is 0 Å². The molecule has 1 heterocycles. The third-order valence-electron chi connectivity index (χ3n) is 3.94. The van der Waals surface area contributed by atoms with E-state index < -0.39 is 0 Å². The van der Waals surface area contributed by atoms with E-state index in [1.807, 2.05) is 60.8 Å². The number of hydrogen-bond acceptors (Lipinski definition) is 3. The Hall–Kier alpha value is -3.20. The van der Waals surface area contributed by atoms with Crippen LogP contribution in [0.1, 0.15) is 5.56 Å². The fourth-order valence-electron chi connectivity index (χ4n) is 2.77. The molecule has 4 aromatic rings. The smallest absolute Gasteiger partial charge is 0.124 e. The van der Waals surface area contributed by atoms with Gasteiger partial charge in [-0.1, -0.05) is 42.5 Å². The number of hydrogen-bond donors (Lipinski definition) is 1. The Balaban J connectivity index is 1.87. The fourth-order valence-corrected chi connectivity index (χ4v) is 2.77. The van der Waals surface area contributed by atoms with Crippen LogP contribution >= 0.6 is 0 Å². The Morgan fingerprint density at radius 2 is 1.70 bits per heavy atom. The van der Waals surface area contributed by atoms with E-state index in [0.717, 1.165) is 32.8 Å². The molecule has 0 atom stereocenters. The number of phenols is 1. The topological polar surface area (TPSA) is 45.5 Å². The van der Waals surface area contributed by atoms with Gasteiger partial charge < -0.3 is 5.11 Å². The van der Waals surface area contributed by atoms with E-state index >= 15 is 0 Å². The van der Waals surface area contributed by atoms with Crippen molar-refractivity contribution in [3.63, 3.8) is 0 Å². The molecule has 3 aromatic carbocycles. The van der Waals surface area contributed by atoms with Gasteiger partial charge in [0, 0.05) is 34.9 Å². The molecular weight excluding hydrogens is 284 g/mol. The molecule has 0 unspecified atom stereocenters. The minimum atomic E-state index is 0.231. The maximum atomic E-state index is 10.2. The summed E-state index contributed by atoms with van der Waals surface area (Å²) in [4.78, 5) is 8.74. The van der Waals surface area contributed by atoms with Crippen molar-refractivity contribution < 1.29 is 5.11 Å². The molecule has 0 aliphatic carbocycles. The van der Waals surface area contributed by atoms with Gasteiger partial charge in [0.05, 0.1) is 5.69 Å². The van der Waals surface area contributed by atoms with Crippen LogP contribution in [0, 0.1) is 0 Å². The van der Waals surface area contributed by atoms with Gasteiger partial charge >= 0.3 is 0 Å². The summed E-state index contributed by atoms with van der Waals surface area (Å²) in [6.45, 7) is 0. The highest BCUT2D eigenvalue weighted by Gasteiger charge is 2.05. The zero-order valence-corrected chi connectivity index (χ0v) is 12.3. The van der Waals surface area contributed by atoms with Crippen molar-refractivity contribution in [2.45, 2.75) is 0 Å². The largest absolute Gasteiger partial charge is 0.507 e. The van der Waals surface area contributed by atoms with E-state index in [0.29, 0.717) is 0 Å². The number of phenolic OH excluding ortho intramolecular Hbond substituents is 1. The minimum absolute atomic E-state index is 0.231. The monoisotopic (exact) mass is 298 g/mol. The zero-order valence-electron chi connectivity index (χ0n) is 12.3. The maximum Gasteiger partial charge on any atom is 0.124 e. The van der Waals surface area contributed by atoms with Crippen LogP contribution in [-0.4, -0.2) is 16.3 Å². The molecule has 0 amide bonds. The average molecular weight is 298 g/mol. The van der Waals surface area contributed by atoms with Crippen LogP contribution < -0.4 is 0 Å². The molecule has 0 bridgehead atoms. The predicted molar refractivity (Wildman–Crippen MR) is 94.6 cm³/mol. The normalized spacial score (nSPS) is 11.5. The van der Waals surface area contributed by atoms with E-state index in [1.54, 1.807) is 18.5 Å². The lowest BCUT2D eigenvalue weighted by molar-refractivity contribution is 0.475. The summed E-state index contributed by atoms with van der Waals surface area (Å²) in [6.07, 6.45) is 5.31. The standard InChI is InChI=1S/C20H14N2O/c23-20-9-8-14-4-1-2-6-16(14)18(20)13-22-19-7-3-5-15-12-21-11-10-17(15)19/h1-13,23H. The number of rotatable bonds is 2. The number of aromatic nitrogens is 1. The van der Waals surface area contributed by atoms with Gasteiger partial charge in [0.1, 0.15) is 5.75 Å². The second-order valence-electron chi connectivity index (χ2n) is 5.35. The number of benzene rings is 3. The van der Waals surface area contributed by atoms with Crippen LogP contribution in [0.25, 0.3) is 21.5 Å². The van der Waals surface area contributed by atoms with Crippen molar-refractivity contribution in [1.82, 2.24) is 4.98 Å². The molecule has 0 saturated carbocycles. The average Bonchev–Trinajstić information content (AvgIpc) is 2.61. The number of pyridine rings is 1. The Morgan fingerprint density at radius 1 is 0.826 bits per heavy atom. The van der Waals surface area contributed by atoms with Gasteiger partial charge in [0.25, 0.3) is 0 Å². The van der Waals surface area contributed by atoms with Crippen molar-refractivity contribution in [2.75, 3.05) is 0 Å². The molecule has 1 aromatic heterocycles. The molecule has 0 radical (unpaired) electrons. The Bertz CT molecular complexity index is 1030. The second-order valence-corrected chi connectivity index (χ2v) is 5.35. The Labute approximate surface area is 133 Å². The van der Waals surface area contributed by atoms with E-state index in [-0.39, 0.29) is 5.75 Å². The quantitative estimate of drug-likeness (QED) is 0.538. The predicted octanol–water partition coefficient (Wildman–Crippen LogP) is 4.84. The van der Waals surface area contributed by atoms with Gasteiger partial charge in [0.15, 0.2) is 0 Å². The second kappa shape index (κ2) is 5.54. The van der Waals surface area contributed by atoms with Crippen LogP contribution in [0.3, 0.4) is 0 Å².